The fourth-order valence-corrected chi connectivity index (χ4v) is 2.24. The maximum atomic E-state index is 12.0. The number of hydrogen-bond donors (Lipinski definition) is 3. The molecule has 2 aromatic rings. The molecule has 0 spiro atoms. The Hall–Kier alpha value is -3.68. The van der Waals surface area contributed by atoms with E-state index in [1.165, 1.54) is 6.21 Å². The second kappa shape index (κ2) is 11.4. The predicted molar refractivity (Wildman–Crippen MR) is 115 cm³/mol. The average Bonchev–Trinajstić information content (AvgIpc) is 2.74. The number of benzene rings is 2. The number of anilines is 1. The van der Waals surface area contributed by atoms with E-state index in [2.05, 4.69) is 21.2 Å². The minimum absolute atomic E-state index is 0.0845. The summed E-state index contributed by atoms with van der Waals surface area (Å²) >= 11 is 0. The lowest BCUT2D eigenvalue weighted by molar-refractivity contribution is -0.139. The predicted octanol–water partition coefficient (Wildman–Crippen LogP) is 2.38. The summed E-state index contributed by atoms with van der Waals surface area (Å²) in [6, 6.07) is 14.2. The molecule has 2 rings (SSSR count). The Morgan fingerprint density at radius 2 is 1.70 bits per heavy atom. The molecule has 30 heavy (non-hydrogen) atoms. The van der Waals surface area contributed by atoms with Crippen LogP contribution >= 0.6 is 0 Å². The molecule has 1 atom stereocenters. The highest BCUT2D eigenvalue weighted by molar-refractivity contribution is 6.35. The minimum atomic E-state index is -0.828. The van der Waals surface area contributed by atoms with Gasteiger partial charge in [0.25, 0.3) is 5.91 Å². The molecule has 0 aliphatic carbocycles. The molecule has 0 saturated carbocycles. The Kier molecular flexibility index (Phi) is 8.56. The number of nitrogens with one attached hydrogen (secondary N) is 3. The van der Waals surface area contributed by atoms with E-state index in [-0.39, 0.29) is 18.6 Å². The van der Waals surface area contributed by atoms with E-state index in [1.807, 2.05) is 45.0 Å². The average molecular weight is 410 g/mol. The van der Waals surface area contributed by atoms with Crippen molar-refractivity contribution in [1.82, 2.24) is 10.7 Å². The van der Waals surface area contributed by atoms with Gasteiger partial charge in [-0.05, 0) is 62.2 Å². The molecule has 8 heteroatoms. The van der Waals surface area contributed by atoms with Crippen molar-refractivity contribution >= 4 is 29.6 Å². The minimum Gasteiger partial charge on any atom is -0.484 e. The number of carbonyl (C=O) groups is 3. The zero-order chi connectivity index (χ0) is 21.9. The number of amides is 3. The van der Waals surface area contributed by atoms with Crippen molar-refractivity contribution in [1.29, 1.82) is 0 Å². The Bertz CT molecular complexity index is 892. The molecule has 0 aromatic heterocycles. The van der Waals surface area contributed by atoms with Crippen molar-refractivity contribution in [3.05, 3.63) is 59.7 Å². The van der Waals surface area contributed by atoms with Crippen molar-refractivity contribution in [2.75, 3.05) is 11.9 Å². The number of nitrogens with zero attached hydrogens (tertiary/aromatic N) is 1. The van der Waals surface area contributed by atoms with Crippen LogP contribution in [-0.2, 0) is 14.4 Å². The Morgan fingerprint density at radius 3 is 2.33 bits per heavy atom. The Balaban J connectivity index is 1.76. The van der Waals surface area contributed by atoms with Gasteiger partial charge in [-0.3, -0.25) is 14.4 Å². The molecular weight excluding hydrogens is 384 g/mol. The van der Waals surface area contributed by atoms with E-state index in [9.17, 15) is 14.4 Å². The van der Waals surface area contributed by atoms with Gasteiger partial charge in [0.1, 0.15) is 5.75 Å². The maximum absolute atomic E-state index is 12.0. The van der Waals surface area contributed by atoms with Gasteiger partial charge in [-0.2, -0.15) is 5.10 Å². The largest absolute Gasteiger partial charge is 0.484 e. The summed E-state index contributed by atoms with van der Waals surface area (Å²) in [6.07, 6.45) is 2.13. The molecule has 0 aliphatic heterocycles. The van der Waals surface area contributed by atoms with Crippen LogP contribution in [-0.4, -0.2) is 36.6 Å². The van der Waals surface area contributed by atoms with E-state index in [0.717, 1.165) is 12.0 Å². The molecule has 158 valence electrons. The van der Waals surface area contributed by atoms with Crippen LogP contribution in [0.5, 0.6) is 5.75 Å². The molecular formula is C22H26N4O4. The van der Waals surface area contributed by atoms with Gasteiger partial charge < -0.3 is 15.4 Å². The van der Waals surface area contributed by atoms with E-state index < -0.39 is 11.8 Å². The number of hydrogen-bond acceptors (Lipinski definition) is 5. The van der Waals surface area contributed by atoms with Crippen LogP contribution in [0, 0.1) is 6.92 Å². The number of hydrazone groups is 1. The van der Waals surface area contributed by atoms with Gasteiger partial charge in [0.2, 0.25) is 0 Å². The van der Waals surface area contributed by atoms with E-state index in [1.54, 1.807) is 24.3 Å². The smallest absolute Gasteiger partial charge is 0.329 e. The first-order valence-electron chi connectivity index (χ1n) is 9.60. The van der Waals surface area contributed by atoms with Crippen LogP contribution in [0.1, 0.15) is 31.4 Å². The van der Waals surface area contributed by atoms with Gasteiger partial charge in [-0.1, -0.05) is 24.6 Å². The number of carbonyl (C=O) groups excluding carboxylic acids is 3. The quantitative estimate of drug-likeness (QED) is 0.353. The van der Waals surface area contributed by atoms with Crippen LogP contribution in [0.2, 0.25) is 0 Å². The van der Waals surface area contributed by atoms with Crippen LogP contribution < -0.4 is 20.8 Å². The second-order valence-corrected chi connectivity index (χ2v) is 6.75. The van der Waals surface area contributed by atoms with Gasteiger partial charge in [-0.25, -0.2) is 5.43 Å². The van der Waals surface area contributed by atoms with E-state index in [0.29, 0.717) is 17.0 Å². The molecule has 3 amide bonds. The summed E-state index contributed by atoms with van der Waals surface area (Å²) in [5.41, 5.74) is 4.69. The normalized spacial score (nSPS) is 11.6. The summed E-state index contributed by atoms with van der Waals surface area (Å²) in [7, 11) is 0. The van der Waals surface area contributed by atoms with Crippen molar-refractivity contribution < 1.29 is 19.1 Å². The van der Waals surface area contributed by atoms with Crippen LogP contribution in [0.3, 0.4) is 0 Å². The van der Waals surface area contributed by atoms with Gasteiger partial charge >= 0.3 is 11.8 Å². The zero-order valence-electron chi connectivity index (χ0n) is 17.3. The lowest BCUT2D eigenvalue weighted by Crippen LogP contribution is -2.41. The molecule has 0 radical (unpaired) electrons. The van der Waals surface area contributed by atoms with Crippen molar-refractivity contribution in [3.8, 4) is 5.75 Å². The monoisotopic (exact) mass is 410 g/mol. The first-order valence-corrected chi connectivity index (χ1v) is 9.60. The van der Waals surface area contributed by atoms with Crippen LogP contribution in [0.15, 0.2) is 53.6 Å². The third kappa shape index (κ3) is 7.75. The second-order valence-electron chi connectivity index (χ2n) is 6.75. The summed E-state index contributed by atoms with van der Waals surface area (Å²) in [5.74, 6) is -1.30. The highest BCUT2D eigenvalue weighted by Crippen LogP contribution is 2.12. The van der Waals surface area contributed by atoms with Gasteiger partial charge in [0.05, 0.1) is 6.21 Å². The molecule has 0 heterocycles. The fraction of sp³-hybridized carbons (Fsp3) is 0.273. The Morgan fingerprint density at radius 1 is 1.03 bits per heavy atom. The molecule has 0 aliphatic rings. The summed E-state index contributed by atoms with van der Waals surface area (Å²) in [4.78, 5) is 35.2. The first-order chi connectivity index (χ1) is 14.4. The number of aryl methyl sites for hydroxylation is 1. The molecule has 0 fully saturated rings. The van der Waals surface area contributed by atoms with Gasteiger partial charge in [0, 0.05) is 11.7 Å². The number of rotatable bonds is 8. The lowest BCUT2D eigenvalue weighted by atomic mass is 10.2. The van der Waals surface area contributed by atoms with Crippen molar-refractivity contribution in [3.63, 3.8) is 0 Å². The third-order valence-electron chi connectivity index (χ3n) is 4.16. The first kappa shape index (κ1) is 22.6. The molecule has 0 unspecified atom stereocenters. The number of ether oxygens (including phenoxy) is 1. The zero-order valence-corrected chi connectivity index (χ0v) is 17.3. The van der Waals surface area contributed by atoms with Gasteiger partial charge in [-0.15, -0.1) is 0 Å². The van der Waals surface area contributed by atoms with Crippen molar-refractivity contribution in [2.45, 2.75) is 33.2 Å². The summed E-state index contributed by atoms with van der Waals surface area (Å²) < 4.78 is 5.46. The lowest BCUT2D eigenvalue weighted by Gasteiger charge is -2.09. The molecule has 2 aromatic carbocycles. The van der Waals surface area contributed by atoms with E-state index in [4.69, 9.17) is 4.74 Å². The van der Waals surface area contributed by atoms with E-state index >= 15 is 0 Å². The fourth-order valence-electron chi connectivity index (χ4n) is 2.24. The molecule has 8 nitrogen and oxygen atoms in total. The van der Waals surface area contributed by atoms with Crippen LogP contribution in [0.4, 0.5) is 5.69 Å². The highest BCUT2D eigenvalue weighted by Gasteiger charge is 2.14. The summed E-state index contributed by atoms with van der Waals surface area (Å²) in [5, 5.41) is 9.07. The Labute approximate surface area is 175 Å². The molecule has 0 bridgehead atoms. The molecule has 3 N–H and O–H groups in total. The van der Waals surface area contributed by atoms with Gasteiger partial charge in [0.15, 0.2) is 6.61 Å². The van der Waals surface area contributed by atoms with Crippen molar-refractivity contribution in [2.24, 2.45) is 5.10 Å². The SMILES string of the molecule is CC[C@H](C)NC(=O)C(=O)N/N=C\c1ccc(OCC(=O)Nc2ccc(C)cc2)cc1. The molecule has 0 saturated heterocycles. The summed E-state index contributed by atoms with van der Waals surface area (Å²) in [6.45, 7) is 5.57. The standard InChI is InChI=1S/C22H26N4O4/c1-4-16(3)24-21(28)22(29)26-23-13-17-7-11-19(12-8-17)30-14-20(27)25-18-9-5-15(2)6-10-18/h5-13,16H,4,14H2,1-3H3,(H,24,28)(H,25,27)(H,26,29)/b23-13-/t16-/m0/s1. The third-order valence-corrected chi connectivity index (χ3v) is 4.16. The maximum Gasteiger partial charge on any atom is 0.329 e. The topological polar surface area (TPSA) is 109 Å². The highest BCUT2D eigenvalue weighted by atomic mass is 16.5. The van der Waals surface area contributed by atoms with Crippen LogP contribution in [0.25, 0.3) is 0 Å².